The molecule has 1 amide bonds. The topological polar surface area (TPSA) is 65.4 Å². The van der Waals surface area contributed by atoms with Crippen LogP contribution >= 0.6 is 11.6 Å². The molecule has 0 spiro atoms. The fourth-order valence-corrected chi connectivity index (χ4v) is 2.28. The Morgan fingerprint density at radius 2 is 2.04 bits per heavy atom. The molecule has 0 atom stereocenters. The molecular formula is C15H13ClF3N3O2. The molecule has 24 heavy (non-hydrogen) atoms. The minimum atomic E-state index is -4.62. The molecule has 0 bridgehead atoms. The fraction of sp³-hybridized carbons (Fsp3) is 0.333. The average Bonchev–Trinajstić information content (AvgIpc) is 2.56. The SMILES string of the molecule is N#C/C(=C/Nc1ccc(Cl)cc1C(F)(F)F)C(=O)N1CCOCC1. The Labute approximate surface area is 141 Å². The minimum absolute atomic E-state index is 0.0678. The molecule has 5 nitrogen and oxygen atoms in total. The molecule has 1 aromatic carbocycles. The predicted molar refractivity (Wildman–Crippen MR) is 81.2 cm³/mol. The maximum absolute atomic E-state index is 13.0. The number of nitrogens with one attached hydrogen (secondary N) is 1. The van der Waals surface area contributed by atoms with Gasteiger partial charge in [0, 0.05) is 24.3 Å². The highest BCUT2D eigenvalue weighted by Crippen LogP contribution is 2.36. The van der Waals surface area contributed by atoms with E-state index in [0.717, 1.165) is 18.3 Å². The van der Waals surface area contributed by atoms with E-state index in [0.29, 0.717) is 26.3 Å². The molecule has 1 heterocycles. The summed E-state index contributed by atoms with van der Waals surface area (Å²) in [6, 6.07) is 4.88. The summed E-state index contributed by atoms with van der Waals surface area (Å²) in [5.74, 6) is -0.559. The van der Waals surface area contributed by atoms with Gasteiger partial charge in [-0.2, -0.15) is 18.4 Å². The Bertz CT molecular complexity index is 692. The van der Waals surface area contributed by atoms with Gasteiger partial charge < -0.3 is 15.0 Å². The van der Waals surface area contributed by atoms with E-state index >= 15 is 0 Å². The number of halogens is 4. The minimum Gasteiger partial charge on any atom is -0.378 e. The Morgan fingerprint density at radius 1 is 1.38 bits per heavy atom. The summed E-state index contributed by atoms with van der Waals surface area (Å²) in [5, 5.41) is 11.4. The molecule has 1 aromatic rings. The van der Waals surface area contributed by atoms with Gasteiger partial charge in [-0.1, -0.05) is 11.6 Å². The number of hydrogen-bond acceptors (Lipinski definition) is 4. The standard InChI is InChI=1S/C15H13ClF3N3O2/c16-11-1-2-13(12(7-11)15(17,18)19)21-9-10(8-20)14(23)22-3-5-24-6-4-22/h1-2,7,9,21H,3-6H2/b10-9-. The van der Waals surface area contributed by atoms with E-state index in [2.05, 4.69) is 5.32 Å². The summed E-state index contributed by atoms with van der Waals surface area (Å²) in [6.07, 6.45) is -3.65. The number of morpholine rings is 1. The lowest BCUT2D eigenvalue weighted by Gasteiger charge is -2.26. The number of alkyl halides is 3. The van der Waals surface area contributed by atoms with Gasteiger partial charge in [0.2, 0.25) is 0 Å². The van der Waals surface area contributed by atoms with Crippen molar-refractivity contribution in [1.29, 1.82) is 5.26 Å². The molecule has 1 aliphatic heterocycles. The van der Waals surface area contributed by atoms with Crippen molar-refractivity contribution >= 4 is 23.2 Å². The van der Waals surface area contributed by atoms with Crippen LogP contribution in [0.4, 0.5) is 18.9 Å². The van der Waals surface area contributed by atoms with Gasteiger partial charge in [0.05, 0.1) is 24.5 Å². The second-order valence-electron chi connectivity index (χ2n) is 4.91. The molecule has 9 heteroatoms. The summed E-state index contributed by atoms with van der Waals surface area (Å²) in [5.41, 5.74) is -1.57. The third kappa shape index (κ3) is 4.40. The molecule has 2 rings (SSSR count). The van der Waals surface area contributed by atoms with E-state index < -0.39 is 17.6 Å². The first-order chi connectivity index (χ1) is 11.3. The van der Waals surface area contributed by atoms with Crippen molar-refractivity contribution in [1.82, 2.24) is 4.90 Å². The van der Waals surface area contributed by atoms with Gasteiger partial charge in [-0.25, -0.2) is 0 Å². The highest BCUT2D eigenvalue weighted by Gasteiger charge is 2.33. The number of ether oxygens (including phenoxy) is 1. The molecule has 1 N–H and O–H groups in total. The van der Waals surface area contributed by atoms with E-state index in [4.69, 9.17) is 21.6 Å². The lowest BCUT2D eigenvalue weighted by atomic mass is 10.1. The molecule has 128 valence electrons. The van der Waals surface area contributed by atoms with Gasteiger partial charge >= 0.3 is 6.18 Å². The summed E-state index contributed by atoms with van der Waals surface area (Å²) < 4.78 is 44.1. The van der Waals surface area contributed by atoms with Crippen LogP contribution in [0.5, 0.6) is 0 Å². The van der Waals surface area contributed by atoms with Gasteiger partial charge in [0.15, 0.2) is 0 Å². The van der Waals surface area contributed by atoms with E-state index in [1.807, 2.05) is 0 Å². The monoisotopic (exact) mass is 359 g/mol. The molecule has 1 saturated heterocycles. The van der Waals surface area contributed by atoms with E-state index in [1.54, 1.807) is 6.07 Å². The molecule has 0 radical (unpaired) electrons. The van der Waals surface area contributed by atoms with Gasteiger partial charge in [-0.15, -0.1) is 0 Å². The number of carbonyl (C=O) groups excluding carboxylic acids is 1. The van der Waals surface area contributed by atoms with Gasteiger partial charge in [0.1, 0.15) is 11.6 Å². The first-order valence-corrected chi connectivity index (χ1v) is 7.31. The highest BCUT2D eigenvalue weighted by molar-refractivity contribution is 6.30. The molecule has 0 unspecified atom stereocenters. The lowest BCUT2D eigenvalue weighted by molar-refractivity contribution is -0.137. The van der Waals surface area contributed by atoms with Crippen LogP contribution in [0.25, 0.3) is 0 Å². The van der Waals surface area contributed by atoms with Crippen molar-refractivity contribution in [3.63, 3.8) is 0 Å². The van der Waals surface area contributed by atoms with Gasteiger partial charge in [0.25, 0.3) is 5.91 Å². The maximum Gasteiger partial charge on any atom is 0.418 e. The highest BCUT2D eigenvalue weighted by atomic mass is 35.5. The van der Waals surface area contributed by atoms with Crippen LogP contribution in [-0.2, 0) is 15.7 Å². The second-order valence-corrected chi connectivity index (χ2v) is 5.34. The van der Waals surface area contributed by atoms with Gasteiger partial charge in [-0.05, 0) is 18.2 Å². The third-order valence-corrected chi connectivity index (χ3v) is 3.54. The van der Waals surface area contributed by atoms with Crippen molar-refractivity contribution in [2.45, 2.75) is 6.18 Å². The van der Waals surface area contributed by atoms with Crippen LogP contribution in [0.2, 0.25) is 5.02 Å². The molecule has 0 aliphatic carbocycles. The number of carbonyl (C=O) groups is 1. The summed E-state index contributed by atoms with van der Waals surface area (Å²) in [6.45, 7) is 1.36. The van der Waals surface area contributed by atoms with Crippen molar-refractivity contribution in [3.8, 4) is 6.07 Å². The van der Waals surface area contributed by atoms with Crippen LogP contribution in [0, 0.1) is 11.3 Å². The number of rotatable bonds is 3. The van der Waals surface area contributed by atoms with Crippen LogP contribution in [0.1, 0.15) is 5.56 Å². The number of benzene rings is 1. The zero-order valence-electron chi connectivity index (χ0n) is 12.4. The Balaban J connectivity index is 2.22. The zero-order chi connectivity index (χ0) is 17.7. The summed E-state index contributed by atoms with van der Waals surface area (Å²) in [4.78, 5) is 13.6. The van der Waals surface area contributed by atoms with Crippen LogP contribution in [0.3, 0.4) is 0 Å². The first-order valence-electron chi connectivity index (χ1n) is 6.93. The Morgan fingerprint density at radius 3 is 2.62 bits per heavy atom. The molecular weight excluding hydrogens is 347 g/mol. The third-order valence-electron chi connectivity index (χ3n) is 3.31. The zero-order valence-corrected chi connectivity index (χ0v) is 13.1. The van der Waals surface area contributed by atoms with Crippen molar-refractivity contribution < 1.29 is 22.7 Å². The van der Waals surface area contributed by atoms with Crippen molar-refractivity contribution in [2.24, 2.45) is 0 Å². The summed E-state index contributed by atoms with van der Waals surface area (Å²) in [7, 11) is 0. The largest absolute Gasteiger partial charge is 0.418 e. The first kappa shape index (κ1) is 18.1. The second kappa shape index (κ2) is 7.55. The number of nitriles is 1. The van der Waals surface area contributed by atoms with E-state index in [-0.39, 0.29) is 16.3 Å². The van der Waals surface area contributed by atoms with E-state index in [1.165, 1.54) is 11.0 Å². The van der Waals surface area contributed by atoms with Crippen molar-refractivity contribution in [2.75, 3.05) is 31.6 Å². The van der Waals surface area contributed by atoms with Crippen molar-refractivity contribution in [3.05, 3.63) is 40.6 Å². The molecule has 1 aliphatic rings. The molecule has 1 fully saturated rings. The van der Waals surface area contributed by atoms with Crippen LogP contribution < -0.4 is 5.32 Å². The number of amides is 1. The van der Waals surface area contributed by atoms with Crippen LogP contribution in [-0.4, -0.2) is 37.1 Å². The van der Waals surface area contributed by atoms with Gasteiger partial charge in [-0.3, -0.25) is 4.79 Å². The fourth-order valence-electron chi connectivity index (χ4n) is 2.11. The molecule has 0 aromatic heterocycles. The predicted octanol–water partition coefficient (Wildman–Crippen LogP) is 3.04. The number of nitrogens with zero attached hydrogens (tertiary/aromatic N) is 2. The lowest BCUT2D eigenvalue weighted by Crippen LogP contribution is -2.41. The number of anilines is 1. The Kier molecular flexibility index (Phi) is 5.70. The summed E-state index contributed by atoms with van der Waals surface area (Å²) >= 11 is 5.60. The normalized spacial score (nSPS) is 15.8. The number of hydrogen-bond donors (Lipinski definition) is 1. The maximum atomic E-state index is 13.0. The average molecular weight is 360 g/mol. The smallest absolute Gasteiger partial charge is 0.378 e. The Hall–Kier alpha value is -2.24. The van der Waals surface area contributed by atoms with Crippen LogP contribution in [0.15, 0.2) is 30.0 Å². The van der Waals surface area contributed by atoms with E-state index in [9.17, 15) is 18.0 Å². The molecule has 0 saturated carbocycles. The quantitative estimate of drug-likeness (QED) is 0.665.